The van der Waals surface area contributed by atoms with Crippen molar-refractivity contribution in [3.63, 3.8) is 0 Å². The van der Waals surface area contributed by atoms with Gasteiger partial charge in [-0.05, 0) is 5.39 Å². The summed E-state index contributed by atoms with van der Waals surface area (Å²) in [5.74, 6) is -0.602. The van der Waals surface area contributed by atoms with Gasteiger partial charge in [0, 0.05) is 18.1 Å². The maximum absolute atomic E-state index is 12.0. The second-order valence-electron chi connectivity index (χ2n) is 4.13. The smallest absolute Gasteiger partial charge is 0.352 e. The van der Waals surface area contributed by atoms with Crippen LogP contribution in [0.1, 0.15) is 16.8 Å². The molecule has 0 aliphatic rings. The third-order valence-electron chi connectivity index (χ3n) is 2.69. The van der Waals surface area contributed by atoms with Crippen LogP contribution in [0.25, 0.3) is 10.8 Å². The molecule has 0 bridgehead atoms. The lowest BCUT2D eigenvalue weighted by Crippen LogP contribution is -2.28. The van der Waals surface area contributed by atoms with Gasteiger partial charge >= 0.3 is 6.18 Å². The topological polar surface area (TPSA) is 42.0 Å². The van der Waals surface area contributed by atoms with E-state index in [-0.39, 0.29) is 10.7 Å². The SMILES string of the molecule is O=C(NCCC(F)(F)F)c1cnc(Cl)c2ccccc12. The van der Waals surface area contributed by atoms with Crippen molar-refractivity contribution >= 4 is 28.3 Å². The third-order valence-corrected chi connectivity index (χ3v) is 2.99. The monoisotopic (exact) mass is 302 g/mol. The number of hydrogen-bond donors (Lipinski definition) is 1. The number of benzene rings is 1. The Morgan fingerprint density at radius 2 is 1.90 bits per heavy atom. The first-order valence-electron chi connectivity index (χ1n) is 5.76. The summed E-state index contributed by atoms with van der Waals surface area (Å²) in [5.41, 5.74) is 0.201. The number of carbonyl (C=O) groups is 1. The second-order valence-corrected chi connectivity index (χ2v) is 4.49. The Morgan fingerprint density at radius 3 is 2.55 bits per heavy atom. The van der Waals surface area contributed by atoms with Crippen LogP contribution in [0.3, 0.4) is 0 Å². The van der Waals surface area contributed by atoms with E-state index in [1.165, 1.54) is 6.20 Å². The quantitative estimate of drug-likeness (QED) is 0.881. The summed E-state index contributed by atoms with van der Waals surface area (Å²) in [6.07, 6.45) is -4.11. The van der Waals surface area contributed by atoms with E-state index in [0.717, 1.165) is 0 Å². The van der Waals surface area contributed by atoms with Gasteiger partial charge < -0.3 is 5.32 Å². The first-order valence-corrected chi connectivity index (χ1v) is 6.14. The first-order chi connectivity index (χ1) is 9.38. The van der Waals surface area contributed by atoms with Gasteiger partial charge in [-0.3, -0.25) is 4.79 Å². The minimum atomic E-state index is -4.30. The number of rotatable bonds is 3. The Morgan fingerprint density at radius 1 is 1.25 bits per heavy atom. The van der Waals surface area contributed by atoms with Gasteiger partial charge in [0.1, 0.15) is 5.15 Å². The van der Waals surface area contributed by atoms with Crippen LogP contribution in [-0.4, -0.2) is 23.6 Å². The highest BCUT2D eigenvalue weighted by Crippen LogP contribution is 2.24. The van der Waals surface area contributed by atoms with Crippen molar-refractivity contribution in [1.29, 1.82) is 0 Å². The van der Waals surface area contributed by atoms with Crippen LogP contribution in [-0.2, 0) is 0 Å². The Bertz CT molecular complexity index is 643. The fourth-order valence-electron chi connectivity index (χ4n) is 1.75. The molecule has 2 aromatic rings. The molecule has 0 spiro atoms. The summed E-state index contributed by atoms with van der Waals surface area (Å²) >= 11 is 5.91. The Hall–Kier alpha value is -1.82. The van der Waals surface area contributed by atoms with E-state index in [1.54, 1.807) is 24.3 Å². The number of nitrogens with zero attached hydrogens (tertiary/aromatic N) is 1. The number of carbonyl (C=O) groups excluding carboxylic acids is 1. The van der Waals surface area contributed by atoms with Gasteiger partial charge in [-0.15, -0.1) is 0 Å². The van der Waals surface area contributed by atoms with Crippen molar-refractivity contribution in [3.8, 4) is 0 Å². The van der Waals surface area contributed by atoms with Crippen molar-refractivity contribution in [2.24, 2.45) is 0 Å². The summed E-state index contributed by atoms with van der Waals surface area (Å²) in [6.45, 7) is -0.473. The summed E-state index contributed by atoms with van der Waals surface area (Å²) in [7, 11) is 0. The molecule has 1 amide bonds. The number of amides is 1. The van der Waals surface area contributed by atoms with E-state index in [0.29, 0.717) is 10.8 Å². The molecule has 0 saturated carbocycles. The molecule has 0 fully saturated rings. The van der Waals surface area contributed by atoms with Crippen LogP contribution in [0.4, 0.5) is 13.2 Å². The molecule has 7 heteroatoms. The summed E-state index contributed by atoms with van der Waals surface area (Å²) < 4.78 is 36.1. The molecule has 0 radical (unpaired) electrons. The standard InChI is InChI=1S/C13H10ClF3N2O/c14-11-9-4-2-1-3-8(9)10(7-19-11)12(20)18-6-5-13(15,16)17/h1-4,7H,5-6H2,(H,18,20). The van der Waals surface area contributed by atoms with Crippen molar-refractivity contribution in [2.45, 2.75) is 12.6 Å². The highest BCUT2D eigenvalue weighted by molar-refractivity contribution is 6.34. The molecule has 20 heavy (non-hydrogen) atoms. The molecule has 1 aromatic heterocycles. The second kappa shape index (κ2) is 5.66. The molecule has 0 unspecified atom stereocenters. The van der Waals surface area contributed by atoms with Gasteiger partial charge in [0.25, 0.3) is 5.91 Å². The molecule has 2 rings (SSSR count). The largest absolute Gasteiger partial charge is 0.390 e. The Labute approximate surface area is 117 Å². The normalized spacial score (nSPS) is 11.6. The maximum atomic E-state index is 12.0. The highest BCUT2D eigenvalue weighted by Gasteiger charge is 2.26. The zero-order valence-electron chi connectivity index (χ0n) is 10.2. The molecule has 0 atom stereocenters. The highest BCUT2D eigenvalue weighted by atomic mass is 35.5. The van der Waals surface area contributed by atoms with Crippen molar-refractivity contribution in [3.05, 3.63) is 41.2 Å². The van der Waals surface area contributed by atoms with E-state index in [1.807, 2.05) is 0 Å². The number of halogens is 4. The van der Waals surface area contributed by atoms with Gasteiger partial charge in [0.05, 0.1) is 12.0 Å². The number of pyridine rings is 1. The fourth-order valence-corrected chi connectivity index (χ4v) is 1.97. The van der Waals surface area contributed by atoms with Crippen LogP contribution in [0.15, 0.2) is 30.5 Å². The summed E-state index contributed by atoms with van der Waals surface area (Å²) in [6, 6.07) is 6.81. The predicted molar refractivity (Wildman–Crippen MR) is 69.8 cm³/mol. The van der Waals surface area contributed by atoms with E-state index >= 15 is 0 Å². The van der Waals surface area contributed by atoms with Gasteiger partial charge in [-0.1, -0.05) is 35.9 Å². The molecule has 1 N–H and O–H groups in total. The molecule has 0 saturated heterocycles. The van der Waals surface area contributed by atoms with Crippen LogP contribution in [0.5, 0.6) is 0 Å². The third kappa shape index (κ3) is 3.39. The minimum absolute atomic E-state index is 0.201. The average Bonchev–Trinajstić information content (AvgIpc) is 2.38. The predicted octanol–water partition coefficient (Wildman–Crippen LogP) is 3.57. The minimum Gasteiger partial charge on any atom is -0.352 e. The summed E-state index contributed by atoms with van der Waals surface area (Å²) in [5, 5.41) is 3.60. The number of alkyl halides is 3. The van der Waals surface area contributed by atoms with E-state index in [9.17, 15) is 18.0 Å². The van der Waals surface area contributed by atoms with Crippen molar-refractivity contribution in [2.75, 3.05) is 6.54 Å². The van der Waals surface area contributed by atoms with E-state index < -0.39 is 25.0 Å². The Kier molecular flexibility index (Phi) is 4.13. The van der Waals surface area contributed by atoms with E-state index in [2.05, 4.69) is 10.3 Å². The number of nitrogens with one attached hydrogen (secondary N) is 1. The molecule has 3 nitrogen and oxygen atoms in total. The Balaban J connectivity index is 2.21. The maximum Gasteiger partial charge on any atom is 0.390 e. The fraction of sp³-hybridized carbons (Fsp3) is 0.231. The van der Waals surface area contributed by atoms with E-state index in [4.69, 9.17) is 11.6 Å². The van der Waals surface area contributed by atoms with Crippen molar-refractivity contribution < 1.29 is 18.0 Å². The van der Waals surface area contributed by atoms with Gasteiger partial charge in [0.2, 0.25) is 0 Å². The number of fused-ring (bicyclic) bond motifs is 1. The summed E-state index contributed by atoms with van der Waals surface area (Å²) in [4.78, 5) is 15.8. The van der Waals surface area contributed by atoms with Crippen LogP contribution in [0.2, 0.25) is 5.15 Å². The number of hydrogen-bond acceptors (Lipinski definition) is 2. The van der Waals surface area contributed by atoms with Crippen LogP contribution in [0, 0.1) is 0 Å². The van der Waals surface area contributed by atoms with Crippen LogP contribution < -0.4 is 5.32 Å². The molecular formula is C13H10ClF3N2O. The molecule has 0 aliphatic heterocycles. The molecule has 0 aliphatic carbocycles. The first kappa shape index (κ1) is 14.6. The van der Waals surface area contributed by atoms with Gasteiger partial charge in [-0.25, -0.2) is 4.98 Å². The molecular weight excluding hydrogens is 293 g/mol. The van der Waals surface area contributed by atoms with Crippen LogP contribution >= 0.6 is 11.6 Å². The molecule has 106 valence electrons. The lowest BCUT2D eigenvalue weighted by atomic mass is 10.1. The molecule has 1 aromatic carbocycles. The number of aromatic nitrogens is 1. The molecule has 1 heterocycles. The van der Waals surface area contributed by atoms with Gasteiger partial charge in [-0.2, -0.15) is 13.2 Å². The van der Waals surface area contributed by atoms with Crippen molar-refractivity contribution in [1.82, 2.24) is 10.3 Å². The lowest BCUT2D eigenvalue weighted by molar-refractivity contribution is -0.132. The average molecular weight is 303 g/mol. The zero-order chi connectivity index (χ0) is 14.8. The van der Waals surface area contributed by atoms with Gasteiger partial charge in [0.15, 0.2) is 0 Å². The zero-order valence-corrected chi connectivity index (χ0v) is 10.9. The lowest BCUT2D eigenvalue weighted by Gasteiger charge is -2.09.